The number of ketones is 1. The summed E-state index contributed by atoms with van der Waals surface area (Å²) in [5.41, 5.74) is 2.44. The number of Topliss-reactive ketones (excluding diaryl/α,β-unsaturated/α-hetero) is 1. The molecule has 4 rings (SSSR count). The lowest BCUT2D eigenvalue weighted by Gasteiger charge is -2.37. The molecule has 2 aliphatic heterocycles. The summed E-state index contributed by atoms with van der Waals surface area (Å²) in [6.07, 6.45) is 1.97. The Balaban J connectivity index is 1.64. The van der Waals surface area contributed by atoms with Gasteiger partial charge in [0.1, 0.15) is 0 Å². The van der Waals surface area contributed by atoms with E-state index in [1.54, 1.807) is 34.4 Å². The quantitative estimate of drug-likeness (QED) is 0.779. The number of hydrogen-bond donors (Lipinski definition) is 0. The zero-order chi connectivity index (χ0) is 16.8. The highest BCUT2D eigenvalue weighted by Crippen LogP contribution is 2.37. The predicted molar refractivity (Wildman–Crippen MR) is 95.9 cm³/mol. The maximum atomic E-state index is 12.4. The molecule has 1 amide bonds. The van der Waals surface area contributed by atoms with E-state index < -0.39 is 11.7 Å². The predicted octanol–water partition coefficient (Wildman–Crippen LogP) is 3.90. The van der Waals surface area contributed by atoms with Crippen LogP contribution >= 0.6 is 22.9 Å². The fourth-order valence-electron chi connectivity index (χ4n) is 3.69. The summed E-state index contributed by atoms with van der Waals surface area (Å²) in [6.45, 7) is 3.50. The Morgan fingerprint density at radius 1 is 1.29 bits per heavy atom. The van der Waals surface area contributed by atoms with E-state index in [-0.39, 0.29) is 0 Å². The minimum absolute atomic E-state index is 0.291. The highest BCUT2D eigenvalue weighted by Gasteiger charge is 2.38. The van der Waals surface area contributed by atoms with Gasteiger partial charge in [0.15, 0.2) is 0 Å². The standard InChI is InChI=1S/C18H17ClN2O2S/c1-2-14-12-6-8-24-16(12)5-7-20(14)10-21-15-4-3-11(19)9-13(15)17(22)18(21)23/h3-4,6,8-9,14H,2,5,7,10H2,1H3/t14-/m0/s1. The molecule has 4 nitrogen and oxygen atoms in total. The fourth-order valence-corrected chi connectivity index (χ4v) is 4.79. The van der Waals surface area contributed by atoms with Gasteiger partial charge in [0.25, 0.3) is 5.78 Å². The summed E-state index contributed by atoms with van der Waals surface area (Å²) in [4.78, 5) is 30.0. The molecule has 0 N–H and O–H groups in total. The maximum Gasteiger partial charge on any atom is 0.300 e. The molecule has 3 heterocycles. The first-order chi connectivity index (χ1) is 11.6. The number of hydrogen-bond acceptors (Lipinski definition) is 4. The summed E-state index contributed by atoms with van der Waals surface area (Å²) in [6, 6.07) is 7.55. The Labute approximate surface area is 149 Å². The van der Waals surface area contributed by atoms with Gasteiger partial charge < -0.3 is 0 Å². The summed E-state index contributed by atoms with van der Waals surface area (Å²) in [7, 11) is 0. The Kier molecular flexibility index (Phi) is 3.95. The summed E-state index contributed by atoms with van der Waals surface area (Å²) in [5, 5.41) is 2.61. The monoisotopic (exact) mass is 360 g/mol. The van der Waals surface area contributed by atoms with Crippen molar-refractivity contribution >= 4 is 40.3 Å². The minimum Gasteiger partial charge on any atom is -0.291 e. The van der Waals surface area contributed by atoms with Crippen molar-refractivity contribution < 1.29 is 9.59 Å². The number of benzene rings is 1. The van der Waals surface area contributed by atoms with Crippen LogP contribution in [0.15, 0.2) is 29.6 Å². The third kappa shape index (κ3) is 2.39. The Bertz CT molecular complexity index is 832. The van der Waals surface area contributed by atoms with E-state index in [2.05, 4.69) is 23.3 Å². The van der Waals surface area contributed by atoms with Gasteiger partial charge in [0.05, 0.1) is 17.9 Å². The fraction of sp³-hybridized carbons (Fsp3) is 0.333. The first-order valence-electron chi connectivity index (χ1n) is 8.06. The topological polar surface area (TPSA) is 40.6 Å². The normalized spacial score (nSPS) is 20.4. The van der Waals surface area contributed by atoms with Crippen LogP contribution in [-0.2, 0) is 11.2 Å². The van der Waals surface area contributed by atoms with Gasteiger partial charge in [-0.05, 0) is 48.1 Å². The molecule has 1 aromatic carbocycles. The number of halogens is 1. The number of thiophene rings is 1. The van der Waals surface area contributed by atoms with E-state index in [9.17, 15) is 9.59 Å². The van der Waals surface area contributed by atoms with Gasteiger partial charge in [-0.1, -0.05) is 18.5 Å². The molecule has 0 spiro atoms. The average Bonchev–Trinajstić information content (AvgIpc) is 3.14. The van der Waals surface area contributed by atoms with Crippen LogP contribution in [0.4, 0.5) is 5.69 Å². The number of fused-ring (bicyclic) bond motifs is 2. The van der Waals surface area contributed by atoms with Gasteiger partial charge >= 0.3 is 5.91 Å². The lowest BCUT2D eigenvalue weighted by Crippen LogP contribution is -2.45. The van der Waals surface area contributed by atoms with Crippen molar-refractivity contribution in [3.8, 4) is 0 Å². The second-order valence-corrected chi connectivity index (χ2v) is 7.59. The van der Waals surface area contributed by atoms with Crippen LogP contribution < -0.4 is 4.90 Å². The molecule has 0 aliphatic carbocycles. The van der Waals surface area contributed by atoms with E-state index in [1.165, 1.54) is 10.4 Å². The molecule has 0 unspecified atom stereocenters. The van der Waals surface area contributed by atoms with Crippen LogP contribution in [0, 0.1) is 0 Å². The Hall–Kier alpha value is -1.69. The van der Waals surface area contributed by atoms with Gasteiger partial charge in [0.2, 0.25) is 0 Å². The van der Waals surface area contributed by atoms with Crippen LogP contribution in [0.25, 0.3) is 0 Å². The van der Waals surface area contributed by atoms with Crippen LogP contribution in [0.1, 0.15) is 40.2 Å². The van der Waals surface area contributed by atoms with Crippen molar-refractivity contribution in [1.82, 2.24) is 4.90 Å². The summed E-state index contributed by atoms with van der Waals surface area (Å²) >= 11 is 7.78. The number of carbonyl (C=O) groups is 2. The molecule has 2 aliphatic rings. The summed E-state index contributed by atoms with van der Waals surface area (Å²) < 4.78 is 0. The van der Waals surface area contributed by atoms with Crippen LogP contribution in [0.3, 0.4) is 0 Å². The number of nitrogens with zero attached hydrogens (tertiary/aromatic N) is 2. The van der Waals surface area contributed by atoms with Crippen molar-refractivity contribution in [2.24, 2.45) is 0 Å². The lowest BCUT2D eigenvalue weighted by atomic mass is 9.98. The first-order valence-corrected chi connectivity index (χ1v) is 9.32. The second kappa shape index (κ2) is 5.99. The van der Waals surface area contributed by atoms with Crippen molar-refractivity contribution in [3.05, 3.63) is 50.7 Å². The molecule has 0 radical (unpaired) electrons. The largest absolute Gasteiger partial charge is 0.300 e. The van der Waals surface area contributed by atoms with E-state index in [1.807, 2.05) is 0 Å². The highest BCUT2D eigenvalue weighted by atomic mass is 35.5. The minimum atomic E-state index is -0.464. The Morgan fingerprint density at radius 3 is 2.92 bits per heavy atom. The zero-order valence-electron chi connectivity index (χ0n) is 13.3. The molecular weight excluding hydrogens is 344 g/mol. The van der Waals surface area contributed by atoms with E-state index >= 15 is 0 Å². The number of rotatable bonds is 3. The molecule has 24 heavy (non-hydrogen) atoms. The third-order valence-corrected chi connectivity index (χ3v) is 6.08. The van der Waals surface area contributed by atoms with Crippen LogP contribution in [0.5, 0.6) is 0 Å². The summed E-state index contributed by atoms with van der Waals surface area (Å²) in [5.74, 6) is -0.924. The van der Waals surface area contributed by atoms with E-state index in [0.29, 0.717) is 29.0 Å². The van der Waals surface area contributed by atoms with Gasteiger partial charge in [-0.3, -0.25) is 19.4 Å². The lowest BCUT2D eigenvalue weighted by molar-refractivity contribution is -0.114. The van der Waals surface area contributed by atoms with Crippen molar-refractivity contribution in [3.63, 3.8) is 0 Å². The number of anilines is 1. The molecular formula is C18H17ClN2O2S. The molecule has 0 bridgehead atoms. The van der Waals surface area contributed by atoms with Crippen LogP contribution in [-0.4, -0.2) is 29.8 Å². The second-order valence-electron chi connectivity index (χ2n) is 6.15. The molecule has 6 heteroatoms. The van der Waals surface area contributed by atoms with Gasteiger partial charge in [-0.25, -0.2) is 0 Å². The molecule has 0 saturated carbocycles. The van der Waals surface area contributed by atoms with E-state index in [4.69, 9.17) is 11.6 Å². The van der Waals surface area contributed by atoms with E-state index in [0.717, 1.165) is 19.4 Å². The van der Waals surface area contributed by atoms with Crippen LogP contribution in [0.2, 0.25) is 5.02 Å². The maximum absolute atomic E-state index is 12.4. The third-order valence-electron chi connectivity index (χ3n) is 4.85. The van der Waals surface area contributed by atoms with Crippen molar-refractivity contribution in [2.75, 3.05) is 18.1 Å². The number of amides is 1. The molecule has 0 saturated heterocycles. The van der Waals surface area contributed by atoms with Gasteiger partial charge in [0, 0.05) is 22.5 Å². The van der Waals surface area contributed by atoms with Crippen molar-refractivity contribution in [1.29, 1.82) is 0 Å². The number of carbonyl (C=O) groups excluding carboxylic acids is 2. The van der Waals surface area contributed by atoms with Gasteiger partial charge in [-0.15, -0.1) is 11.3 Å². The zero-order valence-corrected chi connectivity index (χ0v) is 14.9. The van der Waals surface area contributed by atoms with Gasteiger partial charge in [-0.2, -0.15) is 0 Å². The van der Waals surface area contributed by atoms with Crippen molar-refractivity contribution in [2.45, 2.75) is 25.8 Å². The average molecular weight is 361 g/mol. The smallest absolute Gasteiger partial charge is 0.291 e. The SMILES string of the molecule is CC[C@H]1c2ccsc2CCN1CN1C(=O)C(=O)c2cc(Cl)ccc21. The first kappa shape index (κ1) is 15.8. The molecule has 0 fully saturated rings. The molecule has 1 aromatic heterocycles. The molecule has 124 valence electrons. The molecule has 2 aromatic rings. The molecule has 1 atom stereocenters. The highest BCUT2D eigenvalue weighted by molar-refractivity contribution is 7.10. The Morgan fingerprint density at radius 2 is 2.12 bits per heavy atom.